The van der Waals surface area contributed by atoms with Crippen molar-refractivity contribution in [2.45, 2.75) is 7.43 Å². The van der Waals surface area contributed by atoms with Gasteiger partial charge in [-0.05, 0) is 0 Å². The van der Waals surface area contributed by atoms with E-state index in [0.29, 0.717) is 0 Å². The van der Waals surface area contributed by atoms with E-state index in [1.54, 1.807) is 0 Å². The Kier molecular flexibility index (Phi) is 754. The molecule has 0 aliphatic rings. The van der Waals surface area contributed by atoms with E-state index in [0.717, 1.165) is 0 Å². The Morgan fingerprint density at radius 2 is 1.00 bits per heavy atom. The maximum Gasteiger partial charge on any atom is 0 e. The van der Waals surface area contributed by atoms with Gasteiger partial charge in [-0.2, -0.15) is 0 Å². The van der Waals surface area contributed by atoms with Gasteiger partial charge < -0.3 is 0 Å². The summed E-state index contributed by atoms with van der Waals surface area (Å²) in [5, 5.41) is 0. The molecule has 0 aliphatic carbocycles. The van der Waals surface area contributed by atoms with Crippen LogP contribution in [0.25, 0.3) is 0 Å². The molecule has 0 saturated carbocycles. The SMILES string of the molecule is C.[Cr].[Fe].[Mo].[Ni].[Si].[W]. The molecule has 0 aromatic carbocycles. The zero-order valence-electron chi connectivity index (χ0n) is 2.39. The van der Waals surface area contributed by atoms with Crippen molar-refractivity contribution in [1.82, 2.24) is 0 Å². The standard InChI is InChI=1S/CH4.Cr.Fe.Mo.Ni.Si.W/h1H4;;;;;;. The predicted octanol–water partition coefficient (Wildman–Crippen LogP) is 0.243. The zero-order chi connectivity index (χ0) is 0. The van der Waals surface area contributed by atoms with Gasteiger partial charge in [-0.1, -0.05) is 7.43 Å². The van der Waals surface area contributed by atoms with Crippen LogP contribution in [0.3, 0.4) is 0 Å². The van der Waals surface area contributed by atoms with Crippen LogP contribution in [-0.2, 0) is 93.1 Å². The van der Waals surface area contributed by atoms with Gasteiger partial charge in [0.25, 0.3) is 0 Å². The number of hydrogen-bond acceptors (Lipinski definition) is 0. The van der Waals surface area contributed by atoms with E-state index in [2.05, 4.69) is 0 Å². The minimum atomic E-state index is 0. The van der Waals surface area contributed by atoms with Crippen molar-refractivity contribution in [3.8, 4) is 0 Å². The van der Waals surface area contributed by atoms with Gasteiger partial charge in [0.05, 0.1) is 0 Å². The second kappa shape index (κ2) is 61.4. The van der Waals surface area contributed by atoms with Crippen molar-refractivity contribution >= 4 is 11.0 Å². The van der Waals surface area contributed by atoms with Crippen molar-refractivity contribution in [3.63, 3.8) is 0 Å². The van der Waals surface area contributed by atoms with Crippen molar-refractivity contribution in [2.24, 2.45) is 0 Å². The van der Waals surface area contributed by atoms with Crippen LogP contribution >= 0.6 is 0 Å². The molecule has 0 N–H and O–H groups in total. The van der Waals surface area contributed by atoms with Crippen LogP contribution in [0, 0.1) is 0 Å². The third-order valence-electron chi connectivity index (χ3n) is 0. The molecule has 0 aliphatic heterocycles. The fourth-order valence-electron chi connectivity index (χ4n) is 0. The van der Waals surface area contributed by atoms with Gasteiger partial charge in [0.2, 0.25) is 0 Å². The first-order valence-corrected chi connectivity index (χ1v) is 0. The Balaban J connectivity index is 0. The van der Waals surface area contributed by atoms with E-state index in [9.17, 15) is 0 Å². The van der Waals surface area contributed by atoms with E-state index in [1.807, 2.05) is 0 Å². The molecule has 0 heterocycles. The summed E-state index contributed by atoms with van der Waals surface area (Å²) < 4.78 is 0. The fraction of sp³-hybridized carbons (Fsp3) is 1.00. The summed E-state index contributed by atoms with van der Waals surface area (Å²) in [6, 6.07) is 0. The summed E-state index contributed by atoms with van der Waals surface area (Å²) in [5.74, 6) is 0. The monoisotopic (exact) mass is 492 g/mol. The van der Waals surface area contributed by atoms with Crippen LogP contribution in [0.15, 0.2) is 0 Å². The number of rotatable bonds is 0. The number of hydrogen-bond donors (Lipinski definition) is 0. The third-order valence-corrected chi connectivity index (χ3v) is 0. The predicted molar refractivity (Wildman–Crippen MR) is 12.5 cm³/mol. The molecule has 0 bridgehead atoms. The molecule has 0 spiro atoms. The van der Waals surface area contributed by atoms with E-state index < -0.39 is 0 Å². The second-order valence-electron chi connectivity index (χ2n) is 0. The zero-order valence-corrected chi connectivity index (χ0v) is 11.7. The molecular formula is CH4CrFeMoNiSiW. The Morgan fingerprint density at radius 1 is 1.00 bits per heavy atom. The molecule has 0 unspecified atom stereocenters. The van der Waals surface area contributed by atoms with Gasteiger partial charge in [0.15, 0.2) is 0 Å². The normalized spacial score (nSPS) is 0. The third kappa shape index (κ3) is 47.3. The van der Waals surface area contributed by atoms with Gasteiger partial charge in [0, 0.05) is 104 Å². The van der Waals surface area contributed by atoms with Crippen LogP contribution in [0.1, 0.15) is 7.43 Å². The summed E-state index contributed by atoms with van der Waals surface area (Å²) in [6.07, 6.45) is 0. The molecule has 0 aromatic rings. The molecule has 0 amide bonds. The van der Waals surface area contributed by atoms with Gasteiger partial charge >= 0.3 is 0 Å². The van der Waals surface area contributed by atoms with E-state index in [4.69, 9.17) is 0 Å². The molecule has 7 heavy (non-hydrogen) atoms. The second-order valence-corrected chi connectivity index (χ2v) is 0. The van der Waals surface area contributed by atoms with Crippen molar-refractivity contribution in [1.29, 1.82) is 0 Å². The van der Waals surface area contributed by atoms with Crippen LogP contribution in [-0.4, -0.2) is 11.0 Å². The first-order valence-electron chi connectivity index (χ1n) is 0. The average molecular weight is 490 g/mol. The molecule has 0 atom stereocenters. The summed E-state index contributed by atoms with van der Waals surface area (Å²) >= 11 is 0. The molecular weight excluding hydrogens is 486 g/mol. The van der Waals surface area contributed by atoms with Crippen LogP contribution in [0.4, 0.5) is 0 Å². The first-order chi connectivity index (χ1) is 0. The maximum absolute atomic E-state index is 0. The van der Waals surface area contributed by atoms with Gasteiger partial charge in [-0.15, -0.1) is 0 Å². The van der Waals surface area contributed by atoms with E-state index in [1.165, 1.54) is 0 Å². The Bertz CT molecular complexity index is 19.7. The van der Waals surface area contributed by atoms with Gasteiger partial charge in [-0.25, -0.2) is 0 Å². The van der Waals surface area contributed by atoms with E-state index in [-0.39, 0.29) is 111 Å². The van der Waals surface area contributed by atoms with Crippen LogP contribution < -0.4 is 0 Å². The van der Waals surface area contributed by atoms with Crippen molar-refractivity contribution < 1.29 is 93.1 Å². The Morgan fingerprint density at radius 3 is 1.00 bits per heavy atom. The van der Waals surface area contributed by atoms with Crippen LogP contribution in [0.5, 0.6) is 0 Å². The largest absolute Gasteiger partial charge is 0.0776 e. The minimum absolute atomic E-state index is 0. The molecule has 6 heteroatoms. The summed E-state index contributed by atoms with van der Waals surface area (Å²) in [5.41, 5.74) is 0. The smallest absolute Gasteiger partial charge is 0 e. The molecule has 4 radical (unpaired) electrons. The van der Waals surface area contributed by atoms with Gasteiger partial charge in [-0.3, -0.25) is 0 Å². The van der Waals surface area contributed by atoms with Crippen molar-refractivity contribution in [3.05, 3.63) is 0 Å². The first kappa shape index (κ1) is 85.9. The molecule has 0 aromatic heterocycles. The minimum Gasteiger partial charge on any atom is -0.0776 e. The average Bonchev–Trinajstić information content (AvgIpc) is 0. The molecule has 0 rings (SSSR count). The van der Waals surface area contributed by atoms with E-state index >= 15 is 0 Å². The molecule has 0 nitrogen and oxygen atoms in total. The topological polar surface area (TPSA) is 0 Å². The quantitative estimate of drug-likeness (QED) is 0.427. The Labute approximate surface area is 110 Å². The summed E-state index contributed by atoms with van der Waals surface area (Å²) in [6.45, 7) is 0. The van der Waals surface area contributed by atoms with Gasteiger partial charge in [0.1, 0.15) is 0 Å². The molecule has 48 valence electrons. The maximum atomic E-state index is 0. The fourth-order valence-corrected chi connectivity index (χ4v) is 0. The Hall–Kier alpha value is 3.14. The van der Waals surface area contributed by atoms with Crippen LogP contribution in [0.2, 0.25) is 0 Å². The molecule has 0 saturated heterocycles. The summed E-state index contributed by atoms with van der Waals surface area (Å²) in [7, 11) is 0. The van der Waals surface area contributed by atoms with Crippen molar-refractivity contribution in [2.75, 3.05) is 0 Å². The molecule has 0 fully saturated rings. The summed E-state index contributed by atoms with van der Waals surface area (Å²) in [4.78, 5) is 0.